The van der Waals surface area contributed by atoms with Crippen LogP contribution in [0.15, 0.2) is 24.3 Å². The Morgan fingerprint density at radius 2 is 1.48 bits per heavy atom. The first-order valence-electron chi connectivity index (χ1n) is 11.0. The highest BCUT2D eigenvalue weighted by atomic mass is 16.5. The molecule has 1 heteroatoms. The van der Waals surface area contributed by atoms with E-state index in [4.69, 9.17) is 4.74 Å². The van der Waals surface area contributed by atoms with E-state index in [1.165, 1.54) is 94.6 Å². The third-order valence-corrected chi connectivity index (χ3v) is 5.77. The first-order valence-corrected chi connectivity index (χ1v) is 11.0. The maximum Gasteiger partial charge on any atom is 0.0575 e. The molecule has 1 aliphatic rings. The topological polar surface area (TPSA) is 9.23 Å². The minimum atomic E-state index is 0.524. The summed E-state index contributed by atoms with van der Waals surface area (Å²) in [5.74, 6) is 0.616. The zero-order valence-corrected chi connectivity index (χ0v) is 16.8. The molecule has 0 bridgehead atoms. The van der Waals surface area contributed by atoms with Crippen LogP contribution in [0.25, 0.3) is 0 Å². The molecule has 1 fully saturated rings. The van der Waals surface area contributed by atoms with Crippen molar-refractivity contribution in [3.8, 4) is 0 Å². The van der Waals surface area contributed by atoms with Crippen LogP contribution in [0.4, 0.5) is 0 Å². The van der Waals surface area contributed by atoms with E-state index < -0.39 is 0 Å². The molecule has 1 aliphatic heterocycles. The van der Waals surface area contributed by atoms with Gasteiger partial charge in [-0.05, 0) is 43.2 Å². The maximum atomic E-state index is 6.17. The molecule has 0 aliphatic carbocycles. The molecular formula is C24H40O. The lowest BCUT2D eigenvalue weighted by Crippen LogP contribution is -2.24. The monoisotopic (exact) mass is 344 g/mol. The molecule has 0 radical (unpaired) electrons. The number of ether oxygens (including phenoxy) is 1. The van der Waals surface area contributed by atoms with E-state index in [0.29, 0.717) is 12.0 Å². The summed E-state index contributed by atoms with van der Waals surface area (Å²) in [6.45, 7) is 5.48. The van der Waals surface area contributed by atoms with Crippen LogP contribution in [0.1, 0.15) is 108 Å². The van der Waals surface area contributed by atoms with Crippen LogP contribution in [0, 0.1) is 0 Å². The van der Waals surface area contributed by atoms with Crippen molar-refractivity contribution in [1.29, 1.82) is 0 Å². The number of hydrogen-bond acceptors (Lipinski definition) is 1. The van der Waals surface area contributed by atoms with E-state index >= 15 is 0 Å². The molecule has 0 N–H and O–H groups in total. The molecule has 1 saturated heterocycles. The molecule has 0 aromatic heterocycles. The van der Waals surface area contributed by atoms with Gasteiger partial charge in [-0.15, -0.1) is 0 Å². The summed E-state index contributed by atoms with van der Waals surface area (Å²) in [6.07, 6.45) is 17.8. The summed E-state index contributed by atoms with van der Waals surface area (Å²) in [5, 5.41) is 0. The SMILES string of the molecule is CCCCCCCC1CCC(c2ccc(CCCCCC)cc2)CO1. The van der Waals surface area contributed by atoms with Crippen molar-refractivity contribution >= 4 is 0 Å². The second kappa shape index (κ2) is 12.5. The smallest absolute Gasteiger partial charge is 0.0575 e. The van der Waals surface area contributed by atoms with Gasteiger partial charge in [0.05, 0.1) is 12.7 Å². The van der Waals surface area contributed by atoms with E-state index in [0.717, 1.165) is 6.61 Å². The van der Waals surface area contributed by atoms with Crippen molar-refractivity contribution in [2.24, 2.45) is 0 Å². The average Bonchev–Trinajstić information content (AvgIpc) is 2.66. The molecule has 2 rings (SSSR count). The zero-order valence-electron chi connectivity index (χ0n) is 16.8. The highest BCUT2D eigenvalue weighted by Crippen LogP contribution is 2.30. The first kappa shape index (κ1) is 20.5. The Bertz CT molecular complexity index is 428. The summed E-state index contributed by atoms with van der Waals surface area (Å²) in [4.78, 5) is 0. The Hall–Kier alpha value is -0.820. The van der Waals surface area contributed by atoms with Crippen LogP contribution >= 0.6 is 0 Å². The van der Waals surface area contributed by atoms with Crippen LogP contribution in [-0.4, -0.2) is 12.7 Å². The Morgan fingerprint density at radius 3 is 2.12 bits per heavy atom. The van der Waals surface area contributed by atoms with Gasteiger partial charge in [-0.1, -0.05) is 89.5 Å². The van der Waals surface area contributed by atoms with Gasteiger partial charge in [0.25, 0.3) is 0 Å². The third-order valence-electron chi connectivity index (χ3n) is 5.77. The van der Waals surface area contributed by atoms with E-state index in [-0.39, 0.29) is 0 Å². The predicted molar refractivity (Wildman–Crippen MR) is 109 cm³/mol. The number of rotatable bonds is 12. The van der Waals surface area contributed by atoms with Gasteiger partial charge >= 0.3 is 0 Å². The van der Waals surface area contributed by atoms with Crippen molar-refractivity contribution in [3.05, 3.63) is 35.4 Å². The molecular weight excluding hydrogens is 304 g/mol. The fourth-order valence-electron chi connectivity index (χ4n) is 3.98. The lowest BCUT2D eigenvalue weighted by molar-refractivity contribution is -0.00213. The van der Waals surface area contributed by atoms with Crippen molar-refractivity contribution in [2.75, 3.05) is 6.61 Å². The molecule has 0 saturated carbocycles. The average molecular weight is 345 g/mol. The van der Waals surface area contributed by atoms with Crippen molar-refractivity contribution in [1.82, 2.24) is 0 Å². The lowest BCUT2D eigenvalue weighted by atomic mass is 9.89. The fraction of sp³-hybridized carbons (Fsp3) is 0.750. The highest BCUT2D eigenvalue weighted by Gasteiger charge is 2.22. The summed E-state index contributed by atoms with van der Waals surface area (Å²) in [6, 6.07) is 9.41. The molecule has 1 aromatic rings. The fourth-order valence-corrected chi connectivity index (χ4v) is 3.98. The number of hydrogen-bond donors (Lipinski definition) is 0. The molecule has 1 heterocycles. The molecule has 1 aromatic carbocycles. The van der Waals surface area contributed by atoms with E-state index in [1.54, 1.807) is 0 Å². The Kier molecular flexibility index (Phi) is 10.3. The van der Waals surface area contributed by atoms with Crippen LogP contribution < -0.4 is 0 Å². The van der Waals surface area contributed by atoms with Gasteiger partial charge in [0.2, 0.25) is 0 Å². The van der Waals surface area contributed by atoms with E-state index in [9.17, 15) is 0 Å². The van der Waals surface area contributed by atoms with Crippen LogP contribution in [0.3, 0.4) is 0 Å². The van der Waals surface area contributed by atoms with Gasteiger partial charge in [0.1, 0.15) is 0 Å². The third kappa shape index (κ3) is 7.94. The zero-order chi connectivity index (χ0) is 17.7. The van der Waals surface area contributed by atoms with Crippen LogP contribution in [-0.2, 0) is 11.2 Å². The predicted octanol–water partition coefficient (Wildman–Crippen LogP) is 7.43. The molecule has 2 unspecified atom stereocenters. The maximum absolute atomic E-state index is 6.17. The van der Waals surface area contributed by atoms with Crippen molar-refractivity contribution in [3.63, 3.8) is 0 Å². The van der Waals surface area contributed by atoms with Gasteiger partial charge < -0.3 is 4.74 Å². The van der Waals surface area contributed by atoms with Crippen LogP contribution in [0.2, 0.25) is 0 Å². The largest absolute Gasteiger partial charge is 0.378 e. The van der Waals surface area contributed by atoms with Gasteiger partial charge in [-0.3, -0.25) is 0 Å². The second-order valence-electron chi connectivity index (χ2n) is 7.98. The second-order valence-corrected chi connectivity index (χ2v) is 7.98. The molecule has 2 atom stereocenters. The molecule has 0 amide bonds. The molecule has 25 heavy (non-hydrogen) atoms. The van der Waals surface area contributed by atoms with Crippen LogP contribution in [0.5, 0.6) is 0 Å². The van der Waals surface area contributed by atoms with Crippen molar-refractivity contribution < 1.29 is 4.74 Å². The normalized spacial score (nSPS) is 20.7. The van der Waals surface area contributed by atoms with Gasteiger partial charge in [-0.2, -0.15) is 0 Å². The molecule has 0 spiro atoms. The minimum Gasteiger partial charge on any atom is -0.378 e. The summed E-state index contributed by atoms with van der Waals surface area (Å²) in [7, 11) is 0. The molecule has 1 nitrogen and oxygen atoms in total. The van der Waals surface area contributed by atoms with E-state index in [1.807, 2.05) is 0 Å². The Balaban J connectivity index is 1.64. The standard InChI is InChI=1S/C24H40O/c1-3-5-7-9-11-13-24-19-18-23(20-25-24)22-16-14-21(15-17-22)12-10-8-6-4-2/h14-17,23-24H,3-13,18-20H2,1-2H3. The summed E-state index contributed by atoms with van der Waals surface area (Å²) in [5.41, 5.74) is 2.99. The number of unbranched alkanes of at least 4 members (excludes halogenated alkanes) is 7. The Labute approximate surface area is 156 Å². The highest BCUT2D eigenvalue weighted by molar-refractivity contribution is 5.26. The quantitative estimate of drug-likeness (QED) is 0.358. The van der Waals surface area contributed by atoms with Crippen molar-refractivity contribution in [2.45, 2.75) is 109 Å². The lowest BCUT2D eigenvalue weighted by Gasteiger charge is -2.29. The summed E-state index contributed by atoms with van der Waals surface area (Å²) < 4.78 is 6.17. The number of aryl methyl sites for hydroxylation is 1. The Morgan fingerprint density at radius 1 is 0.800 bits per heavy atom. The minimum absolute atomic E-state index is 0.524. The first-order chi connectivity index (χ1) is 12.3. The van der Waals surface area contributed by atoms with Gasteiger partial charge in [0, 0.05) is 5.92 Å². The number of benzene rings is 1. The van der Waals surface area contributed by atoms with Gasteiger partial charge in [-0.25, -0.2) is 0 Å². The molecule has 142 valence electrons. The van der Waals surface area contributed by atoms with Gasteiger partial charge in [0.15, 0.2) is 0 Å². The van der Waals surface area contributed by atoms with E-state index in [2.05, 4.69) is 38.1 Å². The summed E-state index contributed by atoms with van der Waals surface area (Å²) >= 11 is 0.